The maximum absolute atomic E-state index is 12.2. The highest BCUT2D eigenvalue weighted by atomic mass is 16.4. The van der Waals surface area contributed by atoms with Gasteiger partial charge >= 0.3 is 5.97 Å². The molecule has 1 aromatic carbocycles. The Labute approximate surface area is 142 Å². The summed E-state index contributed by atoms with van der Waals surface area (Å²) in [6, 6.07) is 7.22. The molecule has 0 heterocycles. The first kappa shape index (κ1) is 18.2. The van der Waals surface area contributed by atoms with Crippen molar-refractivity contribution in [2.45, 2.75) is 63.8 Å². The van der Waals surface area contributed by atoms with Crippen molar-refractivity contribution in [3.63, 3.8) is 0 Å². The average molecular weight is 331 g/mol. The number of carboxylic acids is 1. The van der Waals surface area contributed by atoms with Crippen LogP contribution in [-0.4, -0.2) is 28.3 Å². The maximum atomic E-state index is 12.2. The standard InChI is InChI=1S/C19H25NO4/c1-14-6-8-15(9-7-14)16(21)10-11-17(22)20-19(18(23)24)12-4-2-3-5-13-19/h6-9H,2-5,10-13H2,1H3,(H,20,22)(H,23,24). The number of amides is 1. The molecule has 24 heavy (non-hydrogen) atoms. The number of rotatable bonds is 6. The largest absolute Gasteiger partial charge is 0.480 e. The number of benzene rings is 1. The molecule has 0 aromatic heterocycles. The van der Waals surface area contributed by atoms with Crippen molar-refractivity contribution < 1.29 is 19.5 Å². The second-order valence-electron chi connectivity index (χ2n) is 6.64. The van der Waals surface area contributed by atoms with E-state index >= 15 is 0 Å². The van der Waals surface area contributed by atoms with Crippen molar-refractivity contribution in [1.82, 2.24) is 5.32 Å². The van der Waals surface area contributed by atoms with Crippen molar-refractivity contribution in [1.29, 1.82) is 0 Å². The molecule has 2 rings (SSSR count). The van der Waals surface area contributed by atoms with Crippen LogP contribution in [0.15, 0.2) is 24.3 Å². The first-order chi connectivity index (χ1) is 11.4. The van der Waals surface area contributed by atoms with E-state index in [-0.39, 0.29) is 24.5 Å². The second kappa shape index (κ2) is 8.08. The van der Waals surface area contributed by atoms with Gasteiger partial charge in [-0.1, -0.05) is 55.5 Å². The summed E-state index contributed by atoms with van der Waals surface area (Å²) in [5.41, 5.74) is 0.484. The van der Waals surface area contributed by atoms with E-state index in [4.69, 9.17) is 0 Å². The zero-order valence-electron chi connectivity index (χ0n) is 14.1. The van der Waals surface area contributed by atoms with Crippen molar-refractivity contribution >= 4 is 17.7 Å². The first-order valence-electron chi connectivity index (χ1n) is 8.57. The Bertz CT molecular complexity index is 598. The Balaban J connectivity index is 1.92. The van der Waals surface area contributed by atoms with E-state index in [0.29, 0.717) is 18.4 Å². The third-order valence-electron chi connectivity index (χ3n) is 4.70. The summed E-state index contributed by atoms with van der Waals surface area (Å²) in [4.78, 5) is 36.0. The van der Waals surface area contributed by atoms with Gasteiger partial charge in [0.2, 0.25) is 5.91 Å². The highest BCUT2D eigenvalue weighted by Crippen LogP contribution is 2.27. The number of Topliss-reactive ketones (excluding diaryl/α,β-unsaturated/α-hetero) is 1. The number of aryl methyl sites for hydroxylation is 1. The summed E-state index contributed by atoms with van der Waals surface area (Å²) < 4.78 is 0. The van der Waals surface area contributed by atoms with Crippen LogP contribution in [0.25, 0.3) is 0 Å². The van der Waals surface area contributed by atoms with Crippen molar-refractivity contribution in [3.05, 3.63) is 35.4 Å². The molecular formula is C19H25NO4. The minimum Gasteiger partial charge on any atom is -0.480 e. The molecule has 130 valence electrons. The SMILES string of the molecule is Cc1ccc(C(=O)CCC(=O)NC2(C(=O)O)CCCCCC2)cc1. The van der Waals surface area contributed by atoms with E-state index in [0.717, 1.165) is 31.2 Å². The summed E-state index contributed by atoms with van der Waals surface area (Å²) in [7, 11) is 0. The van der Waals surface area contributed by atoms with E-state index in [9.17, 15) is 19.5 Å². The third kappa shape index (κ3) is 4.66. The topological polar surface area (TPSA) is 83.5 Å². The summed E-state index contributed by atoms with van der Waals surface area (Å²) in [5.74, 6) is -1.43. The van der Waals surface area contributed by atoms with Gasteiger partial charge in [-0.3, -0.25) is 9.59 Å². The number of carboxylic acid groups (broad SMARTS) is 1. The summed E-state index contributed by atoms with van der Waals surface area (Å²) in [6.07, 6.45) is 4.61. The van der Waals surface area contributed by atoms with Gasteiger partial charge in [0.25, 0.3) is 0 Å². The number of carbonyl (C=O) groups excluding carboxylic acids is 2. The number of nitrogens with one attached hydrogen (secondary N) is 1. The van der Waals surface area contributed by atoms with Crippen LogP contribution in [-0.2, 0) is 9.59 Å². The molecule has 1 fully saturated rings. The molecule has 0 atom stereocenters. The Morgan fingerprint density at radius 2 is 1.58 bits per heavy atom. The van der Waals surface area contributed by atoms with Crippen molar-refractivity contribution in [3.8, 4) is 0 Å². The lowest BCUT2D eigenvalue weighted by Gasteiger charge is -2.29. The normalized spacial score (nSPS) is 16.9. The predicted molar refractivity (Wildman–Crippen MR) is 91.0 cm³/mol. The highest BCUT2D eigenvalue weighted by molar-refractivity contribution is 5.98. The predicted octanol–water partition coefficient (Wildman–Crippen LogP) is 3.25. The van der Waals surface area contributed by atoms with Gasteiger partial charge in [0, 0.05) is 18.4 Å². The molecule has 0 saturated heterocycles. The third-order valence-corrected chi connectivity index (χ3v) is 4.70. The van der Waals surface area contributed by atoms with Crippen LogP contribution < -0.4 is 5.32 Å². The molecule has 0 spiro atoms. The molecule has 5 heteroatoms. The van der Waals surface area contributed by atoms with E-state index in [2.05, 4.69) is 5.32 Å². The Morgan fingerprint density at radius 1 is 1.00 bits per heavy atom. The molecule has 5 nitrogen and oxygen atoms in total. The van der Waals surface area contributed by atoms with Crippen molar-refractivity contribution in [2.75, 3.05) is 0 Å². The Hall–Kier alpha value is -2.17. The van der Waals surface area contributed by atoms with E-state index in [1.807, 2.05) is 19.1 Å². The molecule has 1 amide bonds. The van der Waals surface area contributed by atoms with E-state index < -0.39 is 11.5 Å². The van der Waals surface area contributed by atoms with Crippen LogP contribution >= 0.6 is 0 Å². The summed E-state index contributed by atoms with van der Waals surface area (Å²) >= 11 is 0. The van der Waals surface area contributed by atoms with Crippen LogP contribution in [0.1, 0.15) is 67.3 Å². The smallest absolute Gasteiger partial charge is 0.329 e. The van der Waals surface area contributed by atoms with Crippen LogP contribution in [0, 0.1) is 6.92 Å². The molecule has 0 bridgehead atoms. The van der Waals surface area contributed by atoms with Gasteiger partial charge in [0.05, 0.1) is 0 Å². The van der Waals surface area contributed by atoms with Crippen molar-refractivity contribution in [2.24, 2.45) is 0 Å². The maximum Gasteiger partial charge on any atom is 0.329 e. The molecule has 2 N–H and O–H groups in total. The lowest BCUT2D eigenvalue weighted by Crippen LogP contribution is -2.54. The lowest BCUT2D eigenvalue weighted by molar-refractivity contribution is -0.148. The fraction of sp³-hybridized carbons (Fsp3) is 0.526. The Morgan fingerprint density at radius 3 is 2.12 bits per heavy atom. The number of ketones is 1. The van der Waals surface area contributed by atoms with Gasteiger partial charge in [-0.15, -0.1) is 0 Å². The van der Waals surface area contributed by atoms with Crippen LogP contribution in [0.3, 0.4) is 0 Å². The summed E-state index contributed by atoms with van der Waals surface area (Å²) in [5, 5.41) is 12.3. The molecule has 0 radical (unpaired) electrons. The lowest BCUT2D eigenvalue weighted by atomic mass is 9.90. The summed E-state index contributed by atoms with van der Waals surface area (Å²) in [6.45, 7) is 1.94. The number of hydrogen-bond donors (Lipinski definition) is 2. The van der Waals surface area contributed by atoms with E-state index in [1.54, 1.807) is 12.1 Å². The number of carbonyl (C=O) groups is 3. The average Bonchev–Trinajstić information content (AvgIpc) is 2.80. The van der Waals surface area contributed by atoms with Gasteiger partial charge in [-0.25, -0.2) is 4.79 Å². The molecule has 0 aliphatic heterocycles. The number of aliphatic carboxylic acids is 1. The molecule has 1 aromatic rings. The zero-order chi connectivity index (χ0) is 17.6. The van der Waals surface area contributed by atoms with Gasteiger partial charge in [-0.05, 0) is 19.8 Å². The van der Waals surface area contributed by atoms with Crippen LogP contribution in [0.5, 0.6) is 0 Å². The van der Waals surface area contributed by atoms with Crippen LogP contribution in [0.2, 0.25) is 0 Å². The fourth-order valence-electron chi connectivity index (χ4n) is 3.16. The van der Waals surface area contributed by atoms with E-state index in [1.165, 1.54) is 0 Å². The number of hydrogen-bond acceptors (Lipinski definition) is 3. The fourth-order valence-corrected chi connectivity index (χ4v) is 3.16. The molecule has 1 aliphatic carbocycles. The van der Waals surface area contributed by atoms with Gasteiger partial charge in [0.1, 0.15) is 5.54 Å². The Kier molecular flexibility index (Phi) is 6.12. The zero-order valence-corrected chi connectivity index (χ0v) is 14.1. The monoisotopic (exact) mass is 331 g/mol. The van der Waals surface area contributed by atoms with Gasteiger partial charge in [-0.2, -0.15) is 0 Å². The van der Waals surface area contributed by atoms with Crippen LogP contribution in [0.4, 0.5) is 0 Å². The molecular weight excluding hydrogens is 306 g/mol. The quantitative estimate of drug-likeness (QED) is 0.619. The highest BCUT2D eigenvalue weighted by Gasteiger charge is 2.39. The minimum atomic E-state index is -1.17. The first-order valence-corrected chi connectivity index (χ1v) is 8.57. The molecule has 1 aliphatic rings. The molecule has 1 saturated carbocycles. The minimum absolute atomic E-state index is 0.0156. The van der Waals surface area contributed by atoms with Gasteiger partial charge < -0.3 is 10.4 Å². The second-order valence-corrected chi connectivity index (χ2v) is 6.64. The van der Waals surface area contributed by atoms with Gasteiger partial charge in [0.15, 0.2) is 5.78 Å². The molecule has 0 unspecified atom stereocenters.